The summed E-state index contributed by atoms with van der Waals surface area (Å²) in [4.78, 5) is 13.5. The quantitative estimate of drug-likeness (QED) is 0.835. The predicted molar refractivity (Wildman–Crippen MR) is 45.9 cm³/mol. The molecular formula is C9H3F5N2O2. The number of nitrogens with zero attached hydrogens (tertiary/aromatic N) is 2. The fourth-order valence-corrected chi connectivity index (χ4v) is 1.25. The van der Waals surface area contributed by atoms with Gasteiger partial charge in [0.15, 0.2) is 5.69 Å². The molecule has 0 saturated carbocycles. The molecule has 9 heteroatoms. The van der Waals surface area contributed by atoms with Crippen molar-refractivity contribution in [2.24, 2.45) is 0 Å². The van der Waals surface area contributed by atoms with E-state index in [4.69, 9.17) is 10.4 Å². The van der Waals surface area contributed by atoms with Crippen LogP contribution in [-0.2, 0) is 6.18 Å². The third-order valence-corrected chi connectivity index (χ3v) is 1.96. The number of carboxylic acids is 1. The van der Waals surface area contributed by atoms with E-state index in [0.717, 1.165) is 6.07 Å². The third kappa shape index (κ3) is 2.37. The summed E-state index contributed by atoms with van der Waals surface area (Å²) in [6, 6.07) is 1.02. The summed E-state index contributed by atoms with van der Waals surface area (Å²) in [5, 5.41) is 17.1. The van der Waals surface area contributed by atoms with E-state index >= 15 is 0 Å². The van der Waals surface area contributed by atoms with Gasteiger partial charge in [0.25, 0.3) is 6.43 Å². The van der Waals surface area contributed by atoms with Crippen LogP contribution in [0.5, 0.6) is 0 Å². The van der Waals surface area contributed by atoms with E-state index in [9.17, 15) is 26.7 Å². The number of nitriles is 1. The SMILES string of the molecule is N#Cc1c(C(=O)O)ncc(C(F)(F)F)c1C(F)F. The van der Waals surface area contributed by atoms with Crippen LogP contribution in [0.15, 0.2) is 6.20 Å². The molecule has 0 aromatic carbocycles. The molecule has 1 aromatic rings. The number of hydrogen-bond donors (Lipinski definition) is 1. The van der Waals surface area contributed by atoms with E-state index in [-0.39, 0.29) is 6.20 Å². The highest BCUT2D eigenvalue weighted by molar-refractivity contribution is 5.89. The molecule has 0 aliphatic heterocycles. The Morgan fingerprint density at radius 1 is 1.44 bits per heavy atom. The van der Waals surface area contributed by atoms with Crippen LogP contribution in [0.4, 0.5) is 22.0 Å². The molecule has 0 aliphatic carbocycles. The zero-order chi connectivity index (χ0) is 14.1. The van der Waals surface area contributed by atoms with E-state index < -0.39 is 41.0 Å². The number of hydrogen-bond acceptors (Lipinski definition) is 3. The van der Waals surface area contributed by atoms with E-state index in [1.54, 1.807) is 0 Å². The van der Waals surface area contributed by atoms with Gasteiger partial charge in [-0.25, -0.2) is 18.6 Å². The minimum Gasteiger partial charge on any atom is -0.476 e. The van der Waals surface area contributed by atoms with Crippen molar-refractivity contribution >= 4 is 5.97 Å². The molecule has 0 aliphatic rings. The predicted octanol–water partition coefficient (Wildman–Crippen LogP) is 2.61. The van der Waals surface area contributed by atoms with Crippen LogP contribution >= 0.6 is 0 Å². The van der Waals surface area contributed by atoms with Crippen molar-refractivity contribution in [1.82, 2.24) is 4.98 Å². The zero-order valence-corrected chi connectivity index (χ0v) is 8.29. The number of carbonyl (C=O) groups is 1. The fraction of sp³-hybridized carbons (Fsp3) is 0.222. The highest BCUT2D eigenvalue weighted by atomic mass is 19.4. The summed E-state index contributed by atoms with van der Waals surface area (Å²) in [7, 11) is 0. The van der Waals surface area contributed by atoms with Gasteiger partial charge in [0.1, 0.15) is 6.07 Å². The lowest BCUT2D eigenvalue weighted by Crippen LogP contribution is -2.16. The lowest BCUT2D eigenvalue weighted by molar-refractivity contribution is -0.139. The number of halogens is 5. The van der Waals surface area contributed by atoms with Gasteiger partial charge in [0, 0.05) is 6.20 Å². The summed E-state index contributed by atoms with van der Waals surface area (Å²) in [5.74, 6) is -1.86. The first-order valence-corrected chi connectivity index (χ1v) is 4.21. The van der Waals surface area contributed by atoms with Crippen molar-refractivity contribution in [1.29, 1.82) is 5.26 Å². The Morgan fingerprint density at radius 2 is 2.00 bits per heavy atom. The van der Waals surface area contributed by atoms with Gasteiger partial charge in [0.2, 0.25) is 0 Å². The smallest absolute Gasteiger partial charge is 0.418 e. The first-order chi connectivity index (χ1) is 8.20. The van der Waals surface area contributed by atoms with Gasteiger partial charge in [-0.05, 0) is 0 Å². The van der Waals surface area contributed by atoms with E-state index in [2.05, 4.69) is 4.98 Å². The Hall–Kier alpha value is -2.24. The maximum absolute atomic E-state index is 12.6. The van der Waals surface area contributed by atoms with Crippen LogP contribution in [0.2, 0.25) is 0 Å². The molecule has 0 bridgehead atoms. The lowest BCUT2D eigenvalue weighted by atomic mass is 10.0. The van der Waals surface area contributed by atoms with Crippen molar-refractivity contribution in [3.63, 3.8) is 0 Å². The van der Waals surface area contributed by atoms with Crippen LogP contribution < -0.4 is 0 Å². The van der Waals surface area contributed by atoms with Crippen molar-refractivity contribution in [2.75, 3.05) is 0 Å². The van der Waals surface area contributed by atoms with E-state index in [1.165, 1.54) is 0 Å². The summed E-state index contributed by atoms with van der Waals surface area (Å²) in [5.41, 5.74) is -5.91. The molecule has 1 N–H and O–H groups in total. The molecule has 4 nitrogen and oxygen atoms in total. The molecule has 1 heterocycles. The second-order valence-electron chi connectivity index (χ2n) is 3.02. The topological polar surface area (TPSA) is 74.0 Å². The molecule has 0 spiro atoms. The van der Waals surface area contributed by atoms with Crippen molar-refractivity contribution in [2.45, 2.75) is 12.6 Å². The highest BCUT2D eigenvalue weighted by Gasteiger charge is 2.39. The highest BCUT2D eigenvalue weighted by Crippen LogP contribution is 2.38. The molecule has 1 rings (SSSR count). The number of rotatable bonds is 2. The molecular weight excluding hydrogens is 263 g/mol. The maximum Gasteiger partial charge on any atom is 0.418 e. The van der Waals surface area contributed by atoms with Crippen LogP contribution in [0.25, 0.3) is 0 Å². The van der Waals surface area contributed by atoms with Gasteiger partial charge in [-0.1, -0.05) is 0 Å². The van der Waals surface area contributed by atoms with Gasteiger partial charge in [-0.2, -0.15) is 18.4 Å². The fourth-order valence-electron chi connectivity index (χ4n) is 1.25. The molecule has 0 saturated heterocycles. The van der Waals surface area contributed by atoms with Crippen LogP contribution in [-0.4, -0.2) is 16.1 Å². The Balaban J connectivity index is 3.72. The summed E-state index contributed by atoms with van der Waals surface area (Å²) >= 11 is 0. The number of carboxylic acid groups (broad SMARTS) is 1. The summed E-state index contributed by atoms with van der Waals surface area (Å²) in [6.07, 6.45) is -8.81. The van der Waals surface area contributed by atoms with Crippen LogP contribution in [0, 0.1) is 11.3 Å². The molecule has 0 fully saturated rings. The Morgan fingerprint density at radius 3 is 2.33 bits per heavy atom. The second-order valence-corrected chi connectivity index (χ2v) is 3.02. The normalized spacial score (nSPS) is 11.4. The Labute approximate surface area is 96.3 Å². The second kappa shape index (κ2) is 4.56. The summed E-state index contributed by atoms with van der Waals surface area (Å²) < 4.78 is 62.4. The first kappa shape index (κ1) is 13.8. The van der Waals surface area contributed by atoms with E-state index in [1.807, 2.05) is 0 Å². The Kier molecular flexibility index (Phi) is 3.50. The lowest BCUT2D eigenvalue weighted by Gasteiger charge is -2.14. The minimum atomic E-state index is -5.15. The molecule has 0 amide bonds. The number of aromatic nitrogens is 1. The van der Waals surface area contributed by atoms with Gasteiger partial charge >= 0.3 is 12.1 Å². The van der Waals surface area contributed by atoms with Crippen molar-refractivity contribution in [3.8, 4) is 6.07 Å². The minimum absolute atomic E-state index is 0.0220. The number of aromatic carboxylic acids is 1. The van der Waals surface area contributed by atoms with Crippen LogP contribution in [0.3, 0.4) is 0 Å². The van der Waals surface area contributed by atoms with Gasteiger partial charge < -0.3 is 5.11 Å². The number of alkyl halides is 5. The van der Waals surface area contributed by atoms with Crippen molar-refractivity contribution < 1.29 is 31.9 Å². The van der Waals surface area contributed by atoms with Gasteiger partial charge in [-0.15, -0.1) is 0 Å². The van der Waals surface area contributed by atoms with Gasteiger partial charge in [-0.3, -0.25) is 0 Å². The van der Waals surface area contributed by atoms with Crippen LogP contribution in [0.1, 0.15) is 33.6 Å². The molecule has 96 valence electrons. The molecule has 1 aromatic heterocycles. The average molecular weight is 266 g/mol. The van der Waals surface area contributed by atoms with Crippen molar-refractivity contribution in [3.05, 3.63) is 28.6 Å². The maximum atomic E-state index is 12.6. The Bertz CT molecular complexity index is 533. The standard InChI is InChI=1S/C9H3F5N2O2/c10-7(11)5-3(1-15)6(8(17)18)16-2-4(5)9(12,13)14/h2,7H,(H,17,18). The molecule has 0 atom stereocenters. The average Bonchev–Trinajstić information content (AvgIpc) is 2.25. The molecule has 0 radical (unpaired) electrons. The number of pyridine rings is 1. The molecule has 18 heavy (non-hydrogen) atoms. The van der Waals surface area contributed by atoms with E-state index in [0.29, 0.717) is 0 Å². The summed E-state index contributed by atoms with van der Waals surface area (Å²) in [6.45, 7) is 0. The van der Waals surface area contributed by atoms with Gasteiger partial charge in [0.05, 0.1) is 16.7 Å². The molecule has 0 unspecified atom stereocenters. The zero-order valence-electron chi connectivity index (χ0n) is 8.29. The largest absolute Gasteiger partial charge is 0.476 e. The third-order valence-electron chi connectivity index (χ3n) is 1.96. The monoisotopic (exact) mass is 266 g/mol. The first-order valence-electron chi connectivity index (χ1n) is 4.21.